The second-order valence-electron chi connectivity index (χ2n) is 7.26. The molecule has 2 unspecified atom stereocenters. The second kappa shape index (κ2) is 7.84. The van der Waals surface area contributed by atoms with Gasteiger partial charge in [-0.2, -0.15) is 0 Å². The predicted octanol–water partition coefficient (Wildman–Crippen LogP) is 0.633. The number of guanidine groups is 1. The molecule has 4 rings (SSSR count). The topological polar surface area (TPSA) is 88.9 Å². The smallest absolute Gasteiger partial charge is 0.328 e. The van der Waals surface area contributed by atoms with Crippen LogP contribution in [0.1, 0.15) is 12.5 Å². The lowest BCUT2D eigenvalue weighted by Crippen LogP contribution is -2.63. The third-order valence-corrected chi connectivity index (χ3v) is 5.38. The quantitative estimate of drug-likeness (QED) is 0.677. The van der Waals surface area contributed by atoms with Gasteiger partial charge in [-0.25, -0.2) is 9.79 Å². The average Bonchev–Trinajstić information content (AvgIpc) is 3.23. The lowest BCUT2D eigenvalue weighted by Gasteiger charge is -2.40. The van der Waals surface area contributed by atoms with Gasteiger partial charge < -0.3 is 24.5 Å². The van der Waals surface area contributed by atoms with E-state index >= 15 is 0 Å². The lowest BCUT2D eigenvalue weighted by atomic mass is 10.1. The van der Waals surface area contributed by atoms with Gasteiger partial charge in [-0.3, -0.25) is 9.69 Å². The number of urea groups is 1. The zero-order valence-electron chi connectivity index (χ0n) is 16.6. The van der Waals surface area contributed by atoms with Gasteiger partial charge in [0.2, 0.25) is 5.96 Å². The molecular formula is C20H25N5O4. The van der Waals surface area contributed by atoms with Crippen LogP contribution in [0.5, 0.6) is 0 Å². The fourth-order valence-electron chi connectivity index (χ4n) is 3.91. The lowest BCUT2D eigenvalue weighted by molar-refractivity contribution is -0.137. The first-order valence-electron chi connectivity index (χ1n) is 9.65. The summed E-state index contributed by atoms with van der Waals surface area (Å²) in [6.07, 6.45) is 1.35. The number of carbonyl (C=O) groups excluding carboxylic acids is 2. The Hall–Kier alpha value is -2.91. The number of ether oxygens (including phenoxy) is 1. The highest BCUT2D eigenvalue weighted by atomic mass is 16.5. The fourth-order valence-corrected chi connectivity index (χ4v) is 3.91. The van der Waals surface area contributed by atoms with E-state index in [-0.39, 0.29) is 31.7 Å². The molecule has 0 saturated carbocycles. The molecule has 1 aromatic carbocycles. The van der Waals surface area contributed by atoms with Crippen LogP contribution in [0.3, 0.4) is 0 Å². The van der Waals surface area contributed by atoms with Gasteiger partial charge in [-0.1, -0.05) is 30.3 Å². The maximum atomic E-state index is 13.3. The van der Waals surface area contributed by atoms with Crippen LogP contribution in [0.25, 0.3) is 0 Å². The summed E-state index contributed by atoms with van der Waals surface area (Å²) in [7, 11) is 1.68. The molecule has 0 bridgehead atoms. The molecule has 0 aromatic heterocycles. The molecule has 3 aliphatic rings. The number of nitrogens with zero attached hydrogens (tertiary/aromatic N) is 5. The molecule has 3 amide bonds. The summed E-state index contributed by atoms with van der Waals surface area (Å²) in [5.41, 5.74) is 1.85. The molecule has 1 N–H and O–H groups in total. The maximum Gasteiger partial charge on any atom is 0.328 e. The first kappa shape index (κ1) is 19.4. The van der Waals surface area contributed by atoms with Gasteiger partial charge in [0.05, 0.1) is 26.4 Å². The maximum absolute atomic E-state index is 13.3. The zero-order chi connectivity index (χ0) is 20.5. The number of imide groups is 1. The van der Waals surface area contributed by atoms with Crippen LogP contribution in [-0.2, 0) is 16.1 Å². The average molecular weight is 399 g/mol. The Morgan fingerprint density at radius 3 is 2.62 bits per heavy atom. The molecule has 1 aromatic rings. The van der Waals surface area contributed by atoms with E-state index in [9.17, 15) is 9.59 Å². The number of likely N-dealkylation sites (N-methyl/N-ethyl adjacent to an activating group) is 1. The minimum atomic E-state index is -0.574. The third kappa shape index (κ3) is 3.36. The number of aliphatic imine (C=N–C) groups is 1. The Bertz CT molecular complexity index is 856. The Balaban J connectivity index is 1.54. The van der Waals surface area contributed by atoms with Crippen molar-refractivity contribution < 1.29 is 19.4 Å². The summed E-state index contributed by atoms with van der Waals surface area (Å²) in [5.74, 6) is 0.405. The van der Waals surface area contributed by atoms with E-state index in [2.05, 4.69) is 0 Å². The van der Waals surface area contributed by atoms with Gasteiger partial charge in [0, 0.05) is 25.5 Å². The van der Waals surface area contributed by atoms with E-state index in [0.717, 1.165) is 11.3 Å². The molecule has 0 aliphatic carbocycles. The minimum Gasteiger partial charge on any atom is -0.394 e. The largest absolute Gasteiger partial charge is 0.394 e. The molecule has 9 heteroatoms. The number of rotatable bonds is 7. The normalized spacial score (nSPS) is 23.4. The molecule has 9 nitrogen and oxygen atoms in total. The van der Waals surface area contributed by atoms with Crippen LogP contribution < -0.4 is 0 Å². The van der Waals surface area contributed by atoms with E-state index in [1.54, 1.807) is 7.05 Å². The highest BCUT2D eigenvalue weighted by Gasteiger charge is 2.54. The molecule has 0 radical (unpaired) electrons. The third-order valence-electron chi connectivity index (χ3n) is 5.38. The van der Waals surface area contributed by atoms with E-state index in [0.29, 0.717) is 19.1 Å². The Morgan fingerprint density at radius 1 is 1.14 bits per heavy atom. The van der Waals surface area contributed by atoms with Crippen LogP contribution in [0, 0.1) is 0 Å². The molecular weight excluding hydrogens is 374 g/mol. The Morgan fingerprint density at radius 2 is 1.90 bits per heavy atom. The highest BCUT2D eigenvalue weighted by molar-refractivity contribution is 6.04. The van der Waals surface area contributed by atoms with Gasteiger partial charge in [0.15, 0.2) is 12.2 Å². The first-order chi connectivity index (χ1) is 14.0. The summed E-state index contributed by atoms with van der Waals surface area (Å²) in [6.45, 7) is 3.42. The zero-order valence-corrected chi connectivity index (χ0v) is 16.6. The number of aliphatic hydroxyl groups is 1. The van der Waals surface area contributed by atoms with Crippen molar-refractivity contribution >= 4 is 17.9 Å². The number of hydrogen-bond acceptors (Lipinski definition) is 7. The summed E-state index contributed by atoms with van der Waals surface area (Å²) in [6, 6.07) is 8.56. The number of carbonyl (C=O) groups is 2. The number of benzene rings is 1. The fraction of sp³-hybridized carbons (Fsp3) is 0.450. The monoisotopic (exact) mass is 399 g/mol. The summed E-state index contributed by atoms with van der Waals surface area (Å²) in [4.78, 5) is 37.5. The summed E-state index contributed by atoms with van der Waals surface area (Å²) in [5, 5.41) is 8.85. The number of hydrogen-bond donors (Lipinski definition) is 1. The van der Waals surface area contributed by atoms with E-state index < -0.39 is 12.2 Å². The van der Waals surface area contributed by atoms with E-state index in [4.69, 9.17) is 14.8 Å². The molecule has 1 fully saturated rings. The molecule has 1 saturated heterocycles. The standard InChI is InChI=1S/C20H25N5O4/c1-14-12-24-16-17(21-19(24)23(14)8-10-29-11-9-26)22(2)20(28)25(18(16)27)13-15-6-4-3-5-7-15/h3-7,12,16-17,26H,8-11,13H2,1-2H3. The number of allylic oxidation sites excluding steroid dienone is 1. The van der Waals surface area contributed by atoms with Crippen molar-refractivity contribution in [3.8, 4) is 0 Å². The van der Waals surface area contributed by atoms with Crippen molar-refractivity contribution in [3.05, 3.63) is 47.8 Å². The summed E-state index contributed by atoms with van der Waals surface area (Å²) >= 11 is 0. The molecule has 154 valence electrons. The molecule has 0 spiro atoms. The SMILES string of the molecule is CC1=CN2C(=NC3C2C(=O)N(Cc2ccccc2)C(=O)N3C)N1CCOCCO. The molecule has 3 heterocycles. The van der Waals surface area contributed by atoms with Crippen molar-refractivity contribution in [3.63, 3.8) is 0 Å². The Kier molecular flexibility index (Phi) is 5.25. The van der Waals surface area contributed by atoms with Crippen molar-refractivity contribution in [1.82, 2.24) is 19.6 Å². The van der Waals surface area contributed by atoms with Crippen molar-refractivity contribution in [2.75, 3.05) is 33.4 Å². The van der Waals surface area contributed by atoms with Crippen LogP contribution >= 0.6 is 0 Å². The van der Waals surface area contributed by atoms with Gasteiger partial charge >= 0.3 is 6.03 Å². The van der Waals surface area contributed by atoms with E-state index in [1.165, 1.54) is 9.80 Å². The van der Waals surface area contributed by atoms with Gasteiger partial charge in [0.1, 0.15) is 0 Å². The van der Waals surface area contributed by atoms with Crippen molar-refractivity contribution in [2.45, 2.75) is 25.7 Å². The van der Waals surface area contributed by atoms with Gasteiger partial charge in [0.25, 0.3) is 5.91 Å². The first-order valence-corrected chi connectivity index (χ1v) is 9.65. The predicted molar refractivity (Wildman–Crippen MR) is 105 cm³/mol. The van der Waals surface area contributed by atoms with Crippen LogP contribution in [0.15, 0.2) is 47.2 Å². The van der Waals surface area contributed by atoms with Crippen molar-refractivity contribution in [1.29, 1.82) is 0 Å². The number of amides is 3. The van der Waals surface area contributed by atoms with Crippen LogP contribution in [-0.4, -0.2) is 88.2 Å². The highest BCUT2D eigenvalue weighted by Crippen LogP contribution is 2.34. The molecule has 29 heavy (non-hydrogen) atoms. The Labute approximate surface area is 169 Å². The number of fused-ring (bicyclic) bond motifs is 3. The molecule has 3 aliphatic heterocycles. The van der Waals surface area contributed by atoms with E-state index in [1.807, 2.05) is 53.3 Å². The van der Waals surface area contributed by atoms with Crippen molar-refractivity contribution in [2.24, 2.45) is 4.99 Å². The van der Waals surface area contributed by atoms with Gasteiger partial charge in [-0.05, 0) is 12.5 Å². The van der Waals surface area contributed by atoms with Gasteiger partial charge in [-0.15, -0.1) is 0 Å². The van der Waals surface area contributed by atoms with Crippen LogP contribution in [0.4, 0.5) is 4.79 Å². The molecule has 2 atom stereocenters. The van der Waals surface area contributed by atoms with Crippen LogP contribution in [0.2, 0.25) is 0 Å². The minimum absolute atomic E-state index is 0.0231. The summed E-state index contributed by atoms with van der Waals surface area (Å²) < 4.78 is 5.37. The number of aliphatic hydroxyl groups excluding tert-OH is 1. The second-order valence-corrected chi connectivity index (χ2v) is 7.26.